The van der Waals surface area contributed by atoms with Gasteiger partial charge in [-0.05, 0) is 64.7 Å². The number of nitrogens with one attached hydrogen (secondary N) is 2. The SMILES string of the molecule is c1ccc(C2=NC(c3ccccc3)NC(c3ccc4c(c3)sc3cc(-c5cccc6sc7cccc(-n8c9ccccc9c9ccccc98)c7c56)ccc34)N2)cc1. The fourth-order valence-corrected chi connectivity index (χ4v) is 11.2. The van der Waals surface area contributed by atoms with Gasteiger partial charge in [-0.2, -0.15) is 0 Å². The van der Waals surface area contributed by atoms with Crippen LogP contribution >= 0.6 is 22.7 Å². The second kappa shape index (κ2) is 13.0. The molecule has 2 N–H and O–H groups in total. The summed E-state index contributed by atoms with van der Waals surface area (Å²) in [4.78, 5) is 5.11. The Hall–Kier alpha value is -6.57. The maximum absolute atomic E-state index is 5.11. The summed E-state index contributed by atoms with van der Waals surface area (Å²) in [5, 5.41) is 15.3. The molecule has 4 heterocycles. The summed E-state index contributed by atoms with van der Waals surface area (Å²) in [7, 11) is 0. The maximum atomic E-state index is 5.11. The zero-order chi connectivity index (χ0) is 37.5. The number of benzene rings is 8. The van der Waals surface area contributed by atoms with Gasteiger partial charge in [0, 0.05) is 56.7 Å². The van der Waals surface area contributed by atoms with Gasteiger partial charge in [0.05, 0.1) is 16.7 Å². The van der Waals surface area contributed by atoms with Crippen LogP contribution in [0.15, 0.2) is 187 Å². The van der Waals surface area contributed by atoms with Crippen LogP contribution in [0.3, 0.4) is 0 Å². The van der Waals surface area contributed by atoms with Crippen molar-refractivity contribution in [3.05, 3.63) is 199 Å². The molecule has 0 bridgehead atoms. The average molecular weight is 767 g/mol. The highest BCUT2D eigenvalue weighted by Crippen LogP contribution is 2.46. The Bertz CT molecular complexity index is 3320. The van der Waals surface area contributed by atoms with Crippen molar-refractivity contribution in [2.75, 3.05) is 0 Å². The van der Waals surface area contributed by atoms with Crippen molar-refractivity contribution < 1.29 is 0 Å². The van der Waals surface area contributed by atoms with E-state index < -0.39 is 0 Å². The third-order valence-electron chi connectivity index (χ3n) is 11.5. The monoisotopic (exact) mass is 766 g/mol. The van der Waals surface area contributed by atoms with E-state index in [0.717, 1.165) is 17.0 Å². The molecule has 0 fully saturated rings. The van der Waals surface area contributed by atoms with E-state index in [2.05, 4.69) is 191 Å². The van der Waals surface area contributed by atoms with Crippen LogP contribution in [0.25, 0.3) is 79.0 Å². The number of fused-ring (bicyclic) bond motifs is 9. The van der Waals surface area contributed by atoms with Crippen molar-refractivity contribution in [1.82, 2.24) is 15.2 Å². The van der Waals surface area contributed by atoms with Crippen LogP contribution in [0.5, 0.6) is 0 Å². The van der Waals surface area contributed by atoms with Gasteiger partial charge in [-0.1, -0.05) is 140 Å². The molecule has 1 aliphatic heterocycles. The number of thiophene rings is 2. The van der Waals surface area contributed by atoms with Crippen LogP contribution in [-0.4, -0.2) is 10.4 Å². The van der Waals surface area contributed by atoms with Crippen molar-refractivity contribution in [1.29, 1.82) is 0 Å². The Morgan fingerprint density at radius 1 is 0.456 bits per heavy atom. The summed E-state index contributed by atoms with van der Waals surface area (Å²) in [6.45, 7) is 0. The molecule has 12 rings (SSSR count). The minimum atomic E-state index is -0.167. The average Bonchev–Trinajstić information content (AvgIpc) is 3.96. The third kappa shape index (κ3) is 5.26. The van der Waals surface area contributed by atoms with E-state index in [1.165, 1.54) is 84.5 Å². The van der Waals surface area contributed by atoms with Gasteiger partial charge in [0.15, 0.2) is 0 Å². The molecule has 2 unspecified atom stereocenters. The fraction of sp³-hybridized carbons (Fsp3) is 0.0392. The Morgan fingerprint density at radius 2 is 1.09 bits per heavy atom. The maximum Gasteiger partial charge on any atom is 0.131 e. The molecular weight excluding hydrogens is 733 g/mol. The molecule has 8 aromatic carbocycles. The first-order valence-electron chi connectivity index (χ1n) is 19.4. The van der Waals surface area contributed by atoms with Crippen molar-refractivity contribution in [3.8, 4) is 16.8 Å². The predicted molar refractivity (Wildman–Crippen MR) is 243 cm³/mol. The minimum Gasteiger partial charge on any atom is -0.350 e. The second-order valence-electron chi connectivity index (χ2n) is 14.8. The molecule has 57 heavy (non-hydrogen) atoms. The van der Waals surface area contributed by atoms with Crippen LogP contribution in [0.1, 0.15) is 29.0 Å². The number of para-hydroxylation sites is 2. The van der Waals surface area contributed by atoms with Gasteiger partial charge in [0.25, 0.3) is 0 Å². The molecular formula is C51H34N4S2. The summed E-state index contributed by atoms with van der Waals surface area (Å²) in [6, 6.07) is 66.0. The number of amidine groups is 1. The number of nitrogens with zero attached hydrogens (tertiary/aromatic N) is 2. The number of rotatable bonds is 5. The molecule has 0 amide bonds. The molecule has 0 saturated carbocycles. The lowest BCUT2D eigenvalue weighted by atomic mass is 9.97. The molecule has 3 aromatic heterocycles. The highest BCUT2D eigenvalue weighted by Gasteiger charge is 2.26. The normalized spacial score (nSPS) is 15.9. The van der Waals surface area contributed by atoms with Crippen molar-refractivity contribution in [2.45, 2.75) is 12.3 Å². The van der Waals surface area contributed by atoms with E-state index in [9.17, 15) is 0 Å². The zero-order valence-electron chi connectivity index (χ0n) is 30.7. The minimum absolute atomic E-state index is 0.110. The van der Waals surface area contributed by atoms with Gasteiger partial charge in [-0.3, -0.25) is 5.32 Å². The molecule has 1 aliphatic rings. The summed E-state index contributed by atoms with van der Waals surface area (Å²) in [6.07, 6.45) is -0.277. The quantitative estimate of drug-likeness (QED) is 0.183. The lowest BCUT2D eigenvalue weighted by Gasteiger charge is -2.32. The molecule has 0 radical (unpaired) electrons. The summed E-state index contributed by atoms with van der Waals surface area (Å²) < 4.78 is 7.63. The van der Waals surface area contributed by atoms with Crippen molar-refractivity contribution in [3.63, 3.8) is 0 Å². The van der Waals surface area contributed by atoms with Crippen LogP contribution < -0.4 is 10.6 Å². The highest BCUT2D eigenvalue weighted by molar-refractivity contribution is 7.26. The fourth-order valence-electron chi connectivity index (χ4n) is 8.88. The van der Waals surface area contributed by atoms with Crippen LogP contribution in [0.4, 0.5) is 0 Å². The van der Waals surface area contributed by atoms with E-state index in [1.807, 2.05) is 28.7 Å². The third-order valence-corrected chi connectivity index (χ3v) is 13.7. The number of aromatic nitrogens is 1. The molecule has 11 aromatic rings. The van der Waals surface area contributed by atoms with Crippen molar-refractivity contribution >= 4 is 90.7 Å². The lowest BCUT2D eigenvalue weighted by Crippen LogP contribution is -2.44. The highest BCUT2D eigenvalue weighted by atomic mass is 32.1. The van der Waals surface area contributed by atoms with E-state index in [1.54, 1.807) is 0 Å². The topological polar surface area (TPSA) is 41.4 Å². The number of hydrogen-bond donors (Lipinski definition) is 2. The molecule has 0 spiro atoms. The van der Waals surface area contributed by atoms with Crippen LogP contribution in [0, 0.1) is 0 Å². The van der Waals surface area contributed by atoms with E-state index in [4.69, 9.17) is 4.99 Å². The van der Waals surface area contributed by atoms with Gasteiger partial charge in [0.1, 0.15) is 18.2 Å². The van der Waals surface area contributed by atoms with Gasteiger partial charge in [-0.25, -0.2) is 4.99 Å². The standard InChI is InChI=1S/C51H34N4S2/c1-3-13-31(14-4-1)49-52-50(32-15-5-2-6-16-32)54-51(53-49)34-26-28-39-38-27-25-33(29-45(38)57-46(39)30-34)35-19-11-23-43-47(35)48-42(22-12-24-44(48)56-43)55-40-20-9-7-17-36(40)37-18-8-10-21-41(37)55/h1-30,49,51,53H,(H,52,54). The van der Waals surface area contributed by atoms with Gasteiger partial charge in [0.2, 0.25) is 0 Å². The summed E-state index contributed by atoms with van der Waals surface area (Å²) in [5.41, 5.74) is 9.59. The second-order valence-corrected chi connectivity index (χ2v) is 16.9. The Balaban J connectivity index is 0.975. The molecule has 0 saturated heterocycles. The number of hydrogen-bond acceptors (Lipinski definition) is 5. The van der Waals surface area contributed by atoms with E-state index in [0.29, 0.717) is 0 Å². The molecule has 4 nitrogen and oxygen atoms in total. The largest absolute Gasteiger partial charge is 0.350 e. The lowest BCUT2D eigenvalue weighted by molar-refractivity contribution is 0.409. The summed E-state index contributed by atoms with van der Waals surface area (Å²) in [5.74, 6) is 0.894. The van der Waals surface area contributed by atoms with Crippen molar-refractivity contribution in [2.24, 2.45) is 4.99 Å². The Morgan fingerprint density at radius 3 is 1.86 bits per heavy atom. The van der Waals surface area contributed by atoms with Crippen LogP contribution in [0.2, 0.25) is 0 Å². The van der Waals surface area contributed by atoms with Gasteiger partial charge in [-0.15, -0.1) is 22.7 Å². The number of aliphatic imine (C=N–C) groups is 1. The Kier molecular flexibility index (Phi) is 7.45. The zero-order valence-corrected chi connectivity index (χ0v) is 32.3. The molecule has 270 valence electrons. The molecule has 0 aliphatic carbocycles. The van der Waals surface area contributed by atoms with E-state index in [-0.39, 0.29) is 12.3 Å². The molecule has 2 atom stereocenters. The van der Waals surface area contributed by atoms with E-state index >= 15 is 0 Å². The van der Waals surface area contributed by atoms with Gasteiger partial charge >= 0.3 is 0 Å². The first-order valence-corrected chi connectivity index (χ1v) is 21.0. The Labute approximate surface area is 337 Å². The first-order chi connectivity index (χ1) is 28.2. The smallest absolute Gasteiger partial charge is 0.131 e. The first kappa shape index (κ1) is 32.7. The van der Waals surface area contributed by atoms with Gasteiger partial charge < -0.3 is 9.88 Å². The summed E-state index contributed by atoms with van der Waals surface area (Å²) >= 11 is 3.75. The molecule has 6 heteroatoms. The predicted octanol–water partition coefficient (Wildman–Crippen LogP) is 13.5. The van der Waals surface area contributed by atoms with Crippen LogP contribution in [-0.2, 0) is 0 Å².